The number of amides is 1. The first-order valence-corrected chi connectivity index (χ1v) is 7.37. The summed E-state index contributed by atoms with van der Waals surface area (Å²) in [4.78, 5) is 11.9. The topological polar surface area (TPSA) is 61.4 Å². The molecule has 4 nitrogen and oxygen atoms in total. The van der Waals surface area contributed by atoms with Crippen molar-refractivity contribution < 1.29 is 9.90 Å². The summed E-state index contributed by atoms with van der Waals surface area (Å²) in [7, 11) is 0. The van der Waals surface area contributed by atoms with Crippen LogP contribution in [0.25, 0.3) is 0 Å². The molecule has 2 aliphatic heterocycles. The van der Waals surface area contributed by atoms with Crippen molar-refractivity contribution in [2.75, 3.05) is 11.9 Å². The molecule has 0 aliphatic carbocycles. The van der Waals surface area contributed by atoms with E-state index in [1.165, 1.54) is 6.42 Å². The van der Waals surface area contributed by atoms with Crippen LogP contribution in [0, 0.1) is 0 Å². The van der Waals surface area contributed by atoms with Gasteiger partial charge in [0.2, 0.25) is 5.91 Å². The molecule has 0 aromatic heterocycles. The van der Waals surface area contributed by atoms with Crippen molar-refractivity contribution in [3.8, 4) is 0 Å². The van der Waals surface area contributed by atoms with Crippen molar-refractivity contribution in [3.05, 3.63) is 29.3 Å². The van der Waals surface area contributed by atoms with Crippen molar-refractivity contribution in [2.24, 2.45) is 0 Å². The van der Waals surface area contributed by atoms with Gasteiger partial charge >= 0.3 is 0 Å². The highest BCUT2D eigenvalue weighted by molar-refractivity contribution is 6.05. The summed E-state index contributed by atoms with van der Waals surface area (Å²) in [5.41, 5.74) is 2.22. The van der Waals surface area contributed by atoms with E-state index in [0.717, 1.165) is 36.2 Å². The van der Waals surface area contributed by atoms with E-state index in [-0.39, 0.29) is 11.9 Å². The van der Waals surface area contributed by atoms with Crippen LogP contribution in [0.1, 0.15) is 50.3 Å². The van der Waals surface area contributed by atoms with Crippen LogP contribution in [0.5, 0.6) is 0 Å². The van der Waals surface area contributed by atoms with Gasteiger partial charge in [-0.25, -0.2) is 0 Å². The lowest BCUT2D eigenvalue weighted by molar-refractivity contribution is -0.119. The van der Waals surface area contributed by atoms with E-state index in [4.69, 9.17) is 0 Å². The van der Waals surface area contributed by atoms with Gasteiger partial charge in [0, 0.05) is 11.7 Å². The quantitative estimate of drug-likeness (QED) is 0.774. The summed E-state index contributed by atoms with van der Waals surface area (Å²) in [6.07, 6.45) is 2.83. The van der Waals surface area contributed by atoms with Gasteiger partial charge in [0.05, 0.1) is 11.5 Å². The SMILES string of the molecule is CC1(C)C(=O)Nc2ccc(C(O)C3CCCCN3)cc21. The average Bonchev–Trinajstić information content (AvgIpc) is 2.69. The van der Waals surface area contributed by atoms with Crippen LogP contribution in [0.15, 0.2) is 18.2 Å². The molecule has 108 valence electrons. The van der Waals surface area contributed by atoms with Crippen molar-refractivity contribution in [3.63, 3.8) is 0 Å². The number of aliphatic hydroxyl groups excluding tert-OH is 1. The molecule has 3 rings (SSSR count). The van der Waals surface area contributed by atoms with Gasteiger partial charge in [0.15, 0.2) is 0 Å². The van der Waals surface area contributed by atoms with Crippen molar-refractivity contribution in [2.45, 2.75) is 50.7 Å². The van der Waals surface area contributed by atoms with Gasteiger partial charge in [-0.2, -0.15) is 0 Å². The molecule has 0 bridgehead atoms. The lowest BCUT2D eigenvalue weighted by atomic mass is 9.84. The molecule has 1 saturated heterocycles. The molecular weight excluding hydrogens is 252 g/mol. The molecule has 20 heavy (non-hydrogen) atoms. The number of carbonyl (C=O) groups is 1. The van der Waals surface area contributed by atoms with Crippen LogP contribution >= 0.6 is 0 Å². The summed E-state index contributed by atoms with van der Waals surface area (Å²) in [6.45, 7) is 4.81. The predicted molar refractivity (Wildman–Crippen MR) is 78.7 cm³/mol. The van der Waals surface area contributed by atoms with Gasteiger partial charge in [-0.05, 0) is 50.4 Å². The zero-order valence-electron chi connectivity index (χ0n) is 12.1. The second-order valence-corrected chi connectivity index (χ2v) is 6.39. The maximum Gasteiger partial charge on any atom is 0.234 e. The van der Waals surface area contributed by atoms with E-state index < -0.39 is 11.5 Å². The first kappa shape index (κ1) is 13.6. The molecule has 4 heteroatoms. The van der Waals surface area contributed by atoms with Crippen molar-refractivity contribution in [1.82, 2.24) is 5.32 Å². The fraction of sp³-hybridized carbons (Fsp3) is 0.562. The summed E-state index contributed by atoms with van der Waals surface area (Å²) in [5, 5.41) is 16.8. The van der Waals surface area contributed by atoms with Gasteiger partial charge in [-0.15, -0.1) is 0 Å². The summed E-state index contributed by atoms with van der Waals surface area (Å²) < 4.78 is 0. The Hall–Kier alpha value is -1.39. The number of anilines is 1. The Labute approximate surface area is 119 Å². The van der Waals surface area contributed by atoms with Crippen LogP contribution in [0.2, 0.25) is 0 Å². The molecule has 0 spiro atoms. The van der Waals surface area contributed by atoms with E-state index in [9.17, 15) is 9.90 Å². The molecule has 0 radical (unpaired) electrons. The second kappa shape index (κ2) is 4.86. The standard InChI is InChI=1S/C16H22N2O2/c1-16(2)11-9-10(6-7-12(11)18-15(16)20)14(19)13-5-3-4-8-17-13/h6-7,9,13-14,17,19H,3-5,8H2,1-2H3,(H,18,20). The normalized spacial score (nSPS) is 25.9. The van der Waals surface area contributed by atoms with Crippen molar-refractivity contribution in [1.29, 1.82) is 0 Å². The van der Waals surface area contributed by atoms with Gasteiger partial charge in [-0.3, -0.25) is 4.79 Å². The Morgan fingerprint density at radius 2 is 2.15 bits per heavy atom. The lowest BCUT2D eigenvalue weighted by Gasteiger charge is -2.28. The molecule has 2 aliphatic rings. The molecule has 2 atom stereocenters. The summed E-state index contributed by atoms with van der Waals surface area (Å²) in [6, 6.07) is 5.92. The molecule has 2 unspecified atom stereocenters. The third-order valence-electron chi connectivity index (χ3n) is 4.60. The Morgan fingerprint density at radius 1 is 1.35 bits per heavy atom. The maximum atomic E-state index is 11.9. The summed E-state index contributed by atoms with van der Waals surface area (Å²) >= 11 is 0. The average molecular weight is 274 g/mol. The van der Waals surface area contributed by atoms with E-state index in [1.807, 2.05) is 32.0 Å². The monoisotopic (exact) mass is 274 g/mol. The number of benzene rings is 1. The second-order valence-electron chi connectivity index (χ2n) is 6.39. The van der Waals surface area contributed by atoms with E-state index in [1.54, 1.807) is 0 Å². The number of nitrogens with one attached hydrogen (secondary N) is 2. The molecule has 1 aromatic rings. The van der Waals surface area contributed by atoms with Gasteiger partial charge in [0.1, 0.15) is 0 Å². The molecule has 1 aromatic carbocycles. The molecule has 1 fully saturated rings. The minimum Gasteiger partial charge on any atom is -0.387 e. The first-order valence-electron chi connectivity index (χ1n) is 7.37. The number of hydrogen-bond acceptors (Lipinski definition) is 3. The van der Waals surface area contributed by atoms with Gasteiger partial charge in [-0.1, -0.05) is 18.6 Å². The van der Waals surface area contributed by atoms with Crippen LogP contribution in [-0.2, 0) is 10.2 Å². The smallest absolute Gasteiger partial charge is 0.234 e. The number of hydrogen-bond donors (Lipinski definition) is 3. The highest BCUT2D eigenvalue weighted by atomic mass is 16.3. The molecular formula is C16H22N2O2. The summed E-state index contributed by atoms with van der Waals surface area (Å²) in [5.74, 6) is 0.0231. The van der Waals surface area contributed by atoms with Crippen LogP contribution in [0.3, 0.4) is 0 Å². The number of aliphatic hydroxyl groups is 1. The maximum absolute atomic E-state index is 11.9. The zero-order chi connectivity index (χ0) is 14.3. The molecule has 0 saturated carbocycles. The molecule has 3 N–H and O–H groups in total. The highest BCUT2D eigenvalue weighted by Gasteiger charge is 2.38. The van der Waals surface area contributed by atoms with E-state index >= 15 is 0 Å². The van der Waals surface area contributed by atoms with Gasteiger partial charge in [0.25, 0.3) is 0 Å². The van der Waals surface area contributed by atoms with Crippen LogP contribution < -0.4 is 10.6 Å². The Balaban J connectivity index is 1.89. The first-order chi connectivity index (χ1) is 9.50. The number of rotatable bonds is 2. The third-order valence-corrected chi connectivity index (χ3v) is 4.60. The highest BCUT2D eigenvalue weighted by Crippen LogP contribution is 2.39. The number of carbonyl (C=O) groups excluding carboxylic acids is 1. The zero-order valence-corrected chi connectivity index (χ0v) is 12.1. The number of piperidine rings is 1. The van der Waals surface area contributed by atoms with E-state index in [0.29, 0.717) is 0 Å². The minimum atomic E-state index is -0.523. The Bertz CT molecular complexity index is 533. The lowest BCUT2D eigenvalue weighted by Crippen LogP contribution is -2.38. The van der Waals surface area contributed by atoms with Crippen LogP contribution in [-0.4, -0.2) is 23.6 Å². The van der Waals surface area contributed by atoms with E-state index in [2.05, 4.69) is 10.6 Å². The predicted octanol–water partition coefficient (Wildman–Crippen LogP) is 2.09. The van der Waals surface area contributed by atoms with Crippen LogP contribution in [0.4, 0.5) is 5.69 Å². The fourth-order valence-electron chi connectivity index (χ4n) is 3.15. The third kappa shape index (κ3) is 2.13. The minimum absolute atomic E-state index is 0.0231. The Kier molecular flexibility index (Phi) is 3.30. The van der Waals surface area contributed by atoms with Gasteiger partial charge < -0.3 is 15.7 Å². The molecule has 1 amide bonds. The Morgan fingerprint density at radius 3 is 2.85 bits per heavy atom. The van der Waals surface area contributed by atoms with Crippen molar-refractivity contribution >= 4 is 11.6 Å². The number of fused-ring (bicyclic) bond motifs is 1. The fourth-order valence-corrected chi connectivity index (χ4v) is 3.15. The largest absolute Gasteiger partial charge is 0.387 e. The molecule has 2 heterocycles.